The molecule has 0 aliphatic carbocycles. The fourth-order valence-corrected chi connectivity index (χ4v) is 6.27. The van der Waals surface area contributed by atoms with E-state index in [2.05, 4.69) is 13.8 Å². The Morgan fingerprint density at radius 1 is 0.383 bits per heavy atom. The predicted octanol–water partition coefficient (Wildman–Crippen LogP) is 13.1. The molecule has 5 heteroatoms. The molecule has 0 aliphatic rings. The molecular formula is C42H75NaO4. The van der Waals surface area contributed by atoms with Crippen LogP contribution in [0.25, 0.3) is 0 Å². The molecule has 47 heavy (non-hydrogen) atoms. The number of rotatable bonds is 34. The minimum atomic E-state index is -0.426. The Kier molecular flexibility index (Phi) is 35.8. The molecule has 0 amide bonds. The molecule has 0 saturated carbocycles. The zero-order valence-electron chi connectivity index (χ0n) is 30.6. The summed E-state index contributed by atoms with van der Waals surface area (Å²) in [4.78, 5) is 25.4. The Bertz CT molecular complexity index is 827. The molecule has 0 fully saturated rings. The normalized spacial score (nSPS) is 10.9. The number of hydrogen-bond donors (Lipinski definition) is 0. The molecule has 0 atom stereocenters. The standard InChI is InChI=1S/C42H74O4.Na.H/c1-3-5-7-9-11-13-15-17-19-20-22-24-26-28-30-34-38-46-42(44)40-36-32-31-35-39(40)41(43)45-37-33-29-27-25-23-21-18-16-14-12-10-8-6-4-2;;/h31-32,35-36H,3-30,33-34,37-38H2,1-2H3;;. The van der Waals surface area contributed by atoms with Crippen LogP contribution in [-0.4, -0.2) is 54.7 Å². The van der Waals surface area contributed by atoms with E-state index in [1.807, 2.05) is 0 Å². The van der Waals surface area contributed by atoms with Gasteiger partial charge in [0.2, 0.25) is 0 Å². The van der Waals surface area contributed by atoms with Crippen molar-refractivity contribution in [1.82, 2.24) is 0 Å². The molecule has 4 nitrogen and oxygen atoms in total. The van der Waals surface area contributed by atoms with E-state index < -0.39 is 11.9 Å². The van der Waals surface area contributed by atoms with Gasteiger partial charge in [-0.15, -0.1) is 0 Å². The molecule has 0 spiro atoms. The molecule has 1 rings (SSSR count). The van der Waals surface area contributed by atoms with Crippen molar-refractivity contribution >= 4 is 41.5 Å². The van der Waals surface area contributed by atoms with Gasteiger partial charge in [0, 0.05) is 0 Å². The number of benzene rings is 1. The van der Waals surface area contributed by atoms with Gasteiger partial charge in [-0.2, -0.15) is 0 Å². The summed E-state index contributed by atoms with van der Waals surface area (Å²) in [5.74, 6) is -0.852. The Labute approximate surface area is 314 Å². The van der Waals surface area contributed by atoms with Gasteiger partial charge in [-0.25, -0.2) is 9.59 Å². The molecule has 268 valence electrons. The molecule has 0 heterocycles. The summed E-state index contributed by atoms with van der Waals surface area (Å²) in [5, 5.41) is 0. The summed E-state index contributed by atoms with van der Waals surface area (Å²) < 4.78 is 11.0. The second-order valence-corrected chi connectivity index (χ2v) is 13.7. The van der Waals surface area contributed by atoms with Crippen LogP contribution in [0.5, 0.6) is 0 Å². The number of carbonyl (C=O) groups excluding carboxylic acids is 2. The van der Waals surface area contributed by atoms with Gasteiger partial charge in [0.25, 0.3) is 0 Å². The SMILES string of the molecule is CCCCCCCCCCCCCCCCCCOC(=O)c1ccccc1C(=O)OCCCCCCCCCCCCCCCC.[NaH]. The molecule has 0 unspecified atom stereocenters. The van der Waals surface area contributed by atoms with Gasteiger partial charge in [-0.1, -0.05) is 206 Å². The van der Waals surface area contributed by atoms with Gasteiger partial charge < -0.3 is 9.47 Å². The number of unbranched alkanes of at least 4 members (excludes halogenated alkanes) is 28. The zero-order valence-corrected chi connectivity index (χ0v) is 30.6. The van der Waals surface area contributed by atoms with Gasteiger partial charge in [-0.05, 0) is 25.0 Å². The Morgan fingerprint density at radius 2 is 0.596 bits per heavy atom. The predicted molar refractivity (Wildman–Crippen MR) is 204 cm³/mol. The first-order chi connectivity index (χ1) is 22.7. The van der Waals surface area contributed by atoms with Gasteiger partial charge in [0.05, 0.1) is 24.3 Å². The van der Waals surface area contributed by atoms with E-state index in [1.165, 1.54) is 167 Å². The molecule has 1 aromatic carbocycles. The Morgan fingerprint density at radius 3 is 0.830 bits per heavy atom. The first-order valence-corrected chi connectivity index (χ1v) is 20.1. The third-order valence-corrected chi connectivity index (χ3v) is 9.33. The van der Waals surface area contributed by atoms with Crippen LogP contribution in [0.2, 0.25) is 0 Å². The van der Waals surface area contributed by atoms with Crippen LogP contribution in [0.1, 0.15) is 227 Å². The van der Waals surface area contributed by atoms with Crippen LogP contribution in [0.15, 0.2) is 24.3 Å². The zero-order chi connectivity index (χ0) is 33.2. The van der Waals surface area contributed by atoms with Crippen molar-refractivity contribution in [2.75, 3.05) is 13.2 Å². The quantitative estimate of drug-likeness (QED) is 0.0417. The minimum absolute atomic E-state index is 0. The molecular weight excluding hydrogens is 591 g/mol. The van der Waals surface area contributed by atoms with E-state index in [1.54, 1.807) is 24.3 Å². The second kappa shape index (κ2) is 36.4. The molecule has 0 radical (unpaired) electrons. The van der Waals surface area contributed by atoms with Crippen LogP contribution in [-0.2, 0) is 9.47 Å². The van der Waals surface area contributed by atoms with Gasteiger partial charge >= 0.3 is 41.5 Å². The summed E-state index contributed by atoms with van der Waals surface area (Å²) in [7, 11) is 0. The van der Waals surface area contributed by atoms with Crippen molar-refractivity contribution in [3.05, 3.63) is 35.4 Å². The van der Waals surface area contributed by atoms with E-state index in [4.69, 9.17) is 9.47 Å². The van der Waals surface area contributed by atoms with E-state index in [9.17, 15) is 9.59 Å². The summed E-state index contributed by atoms with van der Waals surface area (Å²) in [5.41, 5.74) is 0.620. The van der Waals surface area contributed by atoms with Gasteiger partial charge in [-0.3, -0.25) is 0 Å². The number of esters is 2. The van der Waals surface area contributed by atoms with E-state index in [-0.39, 0.29) is 29.6 Å². The summed E-state index contributed by atoms with van der Waals surface area (Å²) in [6.45, 7) is 5.36. The van der Waals surface area contributed by atoms with E-state index in [0.29, 0.717) is 24.3 Å². The molecule has 0 saturated heterocycles. The van der Waals surface area contributed by atoms with Crippen LogP contribution in [0.3, 0.4) is 0 Å². The average Bonchev–Trinajstić information content (AvgIpc) is 3.07. The maximum atomic E-state index is 12.7. The van der Waals surface area contributed by atoms with Crippen LogP contribution in [0, 0.1) is 0 Å². The second-order valence-electron chi connectivity index (χ2n) is 13.7. The third-order valence-electron chi connectivity index (χ3n) is 9.33. The molecule has 0 aliphatic heterocycles. The van der Waals surface area contributed by atoms with Crippen molar-refractivity contribution in [3.8, 4) is 0 Å². The fraction of sp³-hybridized carbons (Fsp3) is 0.810. The fourth-order valence-electron chi connectivity index (χ4n) is 6.27. The first-order valence-electron chi connectivity index (χ1n) is 20.1. The topological polar surface area (TPSA) is 52.6 Å². The van der Waals surface area contributed by atoms with Crippen LogP contribution in [0.4, 0.5) is 0 Å². The van der Waals surface area contributed by atoms with E-state index >= 15 is 0 Å². The Hall–Kier alpha value is -0.840. The van der Waals surface area contributed by atoms with Crippen molar-refractivity contribution in [1.29, 1.82) is 0 Å². The van der Waals surface area contributed by atoms with Crippen molar-refractivity contribution in [2.24, 2.45) is 0 Å². The number of carbonyl (C=O) groups is 2. The van der Waals surface area contributed by atoms with Crippen LogP contribution < -0.4 is 0 Å². The molecule has 1 aromatic rings. The van der Waals surface area contributed by atoms with E-state index in [0.717, 1.165) is 25.7 Å². The van der Waals surface area contributed by atoms with Crippen molar-refractivity contribution in [3.63, 3.8) is 0 Å². The summed E-state index contributed by atoms with van der Waals surface area (Å²) in [6.07, 6.45) is 39.2. The first kappa shape index (κ1) is 46.2. The van der Waals surface area contributed by atoms with Crippen LogP contribution >= 0.6 is 0 Å². The molecule has 0 bridgehead atoms. The number of ether oxygens (including phenoxy) is 2. The maximum absolute atomic E-state index is 12.7. The van der Waals surface area contributed by atoms with Crippen molar-refractivity contribution in [2.45, 2.75) is 206 Å². The Balaban J connectivity index is 0.0000212. The summed E-state index contributed by atoms with van der Waals surface area (Å²) >= 11 is 0. The van der Waals surface area contributed by atoms with Crippen molar-refractivity contribution < 1.29 is 19.1 Å². The number of hydrogen-bond acceptors (Lipinski definition) is 4. The third kappa shape index (κ3) is 28.7. The van der Waals surface area contributed by atoms with Gasteiger partial charge in [0.1, 0.15) is 0 Å². The molecule has 0 N–H and O–H groups in total. The average molecular weight is 667 g/mol. The monoisotopic (exact) mass is 667 g/mol. The summed E-state index contributed by atoms with van der Waals surface area (Å²) in [6, 6.07) is 6.88. The van der Waals surface area contributed by atoms with Gasteiger partial charge in [0.15, 0.2) is 0 Å². The molecule has 0 aromatic heterocycles.